The number of nitrogens with one attached hydrogen (secondary N) is 2. The fourth-order valence-electron chi connectivity index (χ4n) is 4.56. The average Bonchev–Trinajstić information content (AvgIpc) is 3.27. The van der Waals surface area contributed by atoms with E-state index in [0.717, 1.165) is 70.3 Å². The van der Waals surface area contributed by atoms with Crippen LogP contribution in [-0.2, 0) is 0 Å². The number of rotatable bonds is 4. The summed E-state index contributed by atoms with van der Waals surface area (Å²) >= 11 is 0. The van der Waals surface area contributed by atoms with Gasteiger partial charge in [-0.15, -0.1) is 12.4 Å². The van der Waals surface area contributed by atoms with Crippen LogP contribution < -0.4 is 14.8 Å². The Balaban J connectivity index is 0.00000231. The molecule has 0 unspecified atom stereocenters. The summed E-state index contributed by atoms with van der Waals surface area (Å²) in [4.78, 5) is 4.87. The van der Waals surface area contributed by atoms with Crippen molar-refractivity contribution in [2.75, 3.05) is 27.3 Å². The quantitative estimate of drug-likeness (QED) is 0.436. The number of phenols is 1. The summed E-state index contributed by atoms with van der Waals surface area (Å²) in [6.07, 6.45) is 3.88. The molecule has 8 heteroatoms. The van der Waals surface area contributed by atoms with E-state index in [0.29, 0.717) is 11.7 Å². The molecule has 1 aliphatic heterocycles. The lowest BCUT2D eigenvalue weighted by Crippen LogP contribution is -2.27. The molecule has 3 N–H and O–H groups in total. The summed E-state index contributed by atoms with van der Waals surface area (Å²) in [7, 11) is 3.36. The second-order valence-corrected chi connectivity index (χ2v) is 7.61. The molecule has 0 radical (unpaired) electrons. The van der Waals surface area contributed by atoms with Crippen LogP contribution in [0, 0.1) is 0 Å². The van der Waals surface area contributed by atoms with Gasteiger partial charge in [0.15, 0.2) is 17.1 Å². The number of pyridine rings is 1. The van der Waals surface area contributed by atoms with Crippen LogP contribution in [0.25, 0.3) is 33.1 Å². The minimum Gasteiger partial charge on any atom is -0.508 e. The highest BCUT2D eigenvalue weighted by atomic mass is 35.5. The first-order chi connectivity index (χ1) is 14.7. The van der Waals surface area contributed by atoms with Crippen molar-refractivity contribution in [3.8, 4) is 28.5 Å². The Kier molecular flexibility index (Phi) is 5.89. The first kappa shape index (κ1) is 21.2. The smallest absolute Gasteiger partial charge is 0.164 e. The van der Waals surface area contributed by atoms with Crippen LogP contribution in [0.5, 0.6) is 17.2 Å². The molecule has 162 valence electrons. The SMILES string of the molecule is COc1cc2c(-c3ccc(O)cc3)nc3[nH]ncc3c2c(C2CCNCC2)c1OC.Cl. The molecule has 31 heavy (non-hydrogen) atoms. The molecule has 0 atom stereocenters. The number of halogens is 1. The summed E-state index contributed by atoms with van der Waals surface area (Å²) in [5, 5.41) is 23.6. The number of phenolic OH excluding ortho intramolecular Hbond substituents is 1. The maximum atomic E-state index is 9.74. The molecule has 0 amide bonds. The Morgan fingerprint density at radius 3 is 2.45 bits per heavy atom. The van der Waals surface area contributed by atoms with Gasteiger partial charge in [-0.25, -0.2) is 4.98 Å². The van der Waals surface area contributed by atoms with Crippen molar-refractivity contribution < 1.29 is 14.6 Å². The van der Waals surface area contributed by atoms with Gasteiger partial charge in [-0.1, -0.05) is 0 Å². The Morgan fingerprint density at radius 2 is 1.77 bits per heavy atom. The Hall–Kier alpha value is -3.03. The standard InChI is InChI=1S/C23H24N4O3.ClH/c1-29-18-11-16-20(19(22(18)30-2)13-7-9-24-10-8-13)17-12-25-27-23(17)26-21(16)14-3-5-15(28)6-4-14;/h3-6,11-13,24,28H,7-10H2,1-2H3,(H,25,26,27);1H. The first-order valence-corrected chi connectivity index (χ1v) is 10.1. The summed E-state index contributed by atoms with van der Waals surface area (Å²) in [5.74, 6) is 2.04. The third-order valence-corrected chi connectivity index (χ3v) is 5.96. The van der Waals surface area contributed by atoms with E-state index in [1.165, 1.54) is 0 Å². The van der Waals surface area contributed by atoms with Gasteiger partial charge in [0.2, 0.25) is 0 Å². The molecule has 1 aliphatic rings. The van der Waals surface area contributed by atoms with Gasteiger partial charge in [0.05, 0.1) is 26.1 Å². The van der Waals surface area contributed by atoms with Crippen molar-refractivity contribution in [2.45, 2.75) is 18.8 Å². The normalized spacial score (nSPS) is 14.5. The fourth-order valence-corrected chi connectivity index (χ4v) is 4.56. The number of aromatic hydroxyl groups is 1. The lowest BCUT2D eigenvalue weighted by atomic mass is 9.84. The molecule has 0 spiro atoms. The van der Waals surface area contributed by atoms with E-state index in [-0.39, 0.29) is 18.2 Å². The van der Waals surface area contributed by atoms with Gasteiger partial charge in [-0.3, -0.25) is 5.10 Å². The highest BCUT2D eigenvalue weighted by Crippen LogP contribution is 2.47. The van der Waals surface area contributed by atoms with Crippen LogP contribution in [0.1, 0.15) is 24.3 Å². The van der Waals surface area contributed by atoms with E-state index < -0.39 is 0 Å². The van der Waals surface area contributed by atoms with Crippen molar-refractivity contribution >= 4 is 34.2 Å². The third-order valence-electron chi connectivity index (χ3n) is 5.96. The Bertz CT molecular complexity index is 1220. The van der Waals surface area contributed by atoms with Crippen LogP contribution in [0.3, 0.4) is 0 Å². The van der Waals surface area contributed by atoms with Gasteiger partial charge in [-0.05, 0) is 62.2 Å². The van der Waals surface area contributed by atoms with Crippen molar-refractivity contribution in [2.24, 2.45) is 0 Å². The van der Waals surface area contributed by atoms with Crippen molar-refractivity contribution in [3.05, 3.63) is 42.1 Å². The second kappa shape index (κ2) is 8.61. The van der Waals surface area contributed by atoms with E-state index in [2.05, 4.69) is 15.5 Å². The van der Waals surface area contributed by atoms with Gasteiger partial charge in [0, 0.05) is 27.3 Å². The van der Waals surface area contributed by atoms with Crippen molar-refractivity contribution in [1.29, 1.82) is 0 Å². The number of aromatic amines is 1. The molecule has 2 aromatic heterocycles. The minimum absolute atomic E-state index is 0. The fraction of sp³-hybridized carbons (Fsp3) is 0.304. The predicted octanol–water partition coefficient (Wildman–Crippen LogP) is 4.39. The average molecular weight is 441 g/mol. The van der Waals surface area contributed by atoms with E-state index in [1.54, 1.807) is 26.4 Å². The number of hydrogen-bond acceptors (Lipinski definition) is 6. The summed E-state index contributed by atoms with van der Waals surface area (Å²) in [6.45, 7) is 1.94. The summed E-state index contributed by atoms with van der Waals surface area (Å²) in [6, 6.07) is 9.10. The zero-order valence-corrected chi connectivity index (χ0v) is 18.3. The Labute approximate surface area is 186 Å². The molecule has 0 saturated carbocycles. The van der Waals surface area contributed by atoms with E-state index in [1.807, 2.05) is 24.4 Å². The highest BCUT2D eigenvalue weighted by Gasteiger charge is 2.27. The number of methoxy groups -OCH3 is 2. The topological polar surface area (TPSA) is 92.3 Å². The molecule has 1 fully saturated rings. The van der Waals surface area contributed by atoms with Crippen LogP contribution >= 0.6 is 12.4 Å². The number of fused-ring (bicyclic) bond motifs is 3. The Morgan fingerprint density at radius 1 is 1.03 bits per heavy atom. The lowest BCUT2D eigenvalue weighted by Gasteiger charge is -2.27. The van der Waals surface area contributed by atoms with Crippen LogP contribution in [0.15, 0.2) is 36.5 Å². The molecule has 0 bridgehead atoms. The predicted molar refractivity (Wildman–Crippen MR) is 124 cm³/mol. The summed E-state index contributed by atoms with van der Waals surface area (Å²) in [5.41, 5.74) is 3.62. The minimum atomic E-state index is 0. The zero-order valence-electron chi connectivity index (χ0n) is 17.4. The number of nitrogens with zero attached hydrogens (tertiary/aromatic N) is 2. The van der Waals surface area contributed by atoms with E-state index >= 15 is 0 Å². The molecule has 2 aromatic carbocycles. The molecule has 0 aliphatic carbocycles. The largest absolute Gasteiger partial charge is 0.508 e. The van der Waals surface area contributed by atoms with Gasteiger partial charge in [0.25, 0.3) is 0 Å². The summed E-state index contributed by atoms with van der Waals surface area (Å²) < 4.78 is 11.6. The molecule has 4 aromatic rings. The highest BCUT2D eigenvalue weighted by molar-refractivity contribution is 6.13. The molecule has 3 heterocycles. The number of benzene rings is 2. The molecule has 5 rings (SSSR count). The van der Waals surface area contributed by atoms with Gasteiger partial charge >= 0.3 is 0 Å². The second-order valence-electron chi connectivity index (χ2n) is 7.61. The van der Waals surface area contributed by atoms with Gasteiger partial charge in [-0.2, -0.15) is 5.10 Å². The van der Waals surface area contributed by atoms with Gasteiger partial charge in [0.1, 0.15) is 5.75 Å². The zero-order chi connectivity index (χ0) is 20.7. The maximum absolute atomic E-state index is 9.74. The number of aromatic nitrogens is 3. The van der Waals surface area contributed by atoms with E-state index in [4.69, 9.17) is 14.5 Å². The van der Waals surface area contributed by atoms with Crippen LogP contribution in [0.4, 0.5) is 0 Å². The maximum Gasteiger partial charge on any atom is 0.164 e. The number of ether oxygens (including phenoxy) is 2. The molecular weight excluding hydrogens is 416 g/mol. The first-order valence-electron chi connectivity index (χ1n) is 10.1. The van der Waals surface area contributed by atoms with Crippen LogP contribution in [-0.4, -0.2) is 47.6 Å². The van der Waals surface area contributed by atoms with Crippen molar-refractivity contribution in [3.63, 3.8) is 0 Å². The molecule has 7 nitrogen and oxygen atoms in total. The molecule has 1 saturated heterocycles. The molecular formula is C23H25ClN4O3. The third kappa shape index (κ3) is 3.54. The van der Waals surface area contributed by atoms with E-state index in [9.17, 15) is 5.11 Å². The van der Waals surface area contributed by atoms with Crippen LogP contribution in [0.2, 0.25) is 0 Å². The lowest BCUT2D eigenvalue weighted by molar-refractivity contribution is 0.346. The number of H-pyrrole nitrogens is 1. The van der Waals surface area contributed by atoms with Crippen molar-refractivity contribution in [1.82, 2.24) is 20.5 Å². The number of piperidine rings is 1. The number of hydrogen-bond donors (Lipinski definition) is 3. The monoisotopic (exact) mass is 440 g/mol. The van der Waals surface area contributed by atoms with Gasteiger partial charge < -0.3 is 19.9 Å².